The van der Waals surface area contributed by atoms with E-state index in [4.69, 9.17) is 4.42 Å². The van der Waals surface area contributed by atoms with Crippen molar-refractivity contribution in [2.24, 2.45) is 7.05 Å². The number of hydrogen-bond donors (Lipinski definition) is 1. The van der Waals surface area contributed by atoms with Crippen molar-refractivity contribution in [2.45, 2.75) is 13.1 Å². The second-order valence-electron chi connectivity index (χ2n) is 4.78. The maximum Gasteiger partial charge on any atom is 0.255 e. The summed E-state index contributed by atoms with van der Waals surface area (Å²) in [7, 11) is 1.81. The van der Waals surface area contributed by atoms with E-state index in [0.717, 1.165) is 22.2 Å². The molecule has 1 aromatic carbocycles. The molecule has 3 rings (SSSR count). The molecule has 0 saturated heterocycles. The molecule has 0 aliphatic heterocycles. The van der Waals surface area contributed by atoms with Gasteiger partial charge in [-0.3, -0.25) is 4.79 Å². The van der Waals surface area contributed by atoms with Gasteiger partial charge in [0.05, 0.1) is 18.3 Å². The Labute approximate surface area is 116 Å². The molecule has 0 bridgehead atoms. The first-order valence-electron chi connectivity index (χ1n) is 6.56. The molecule has 1 N–H and O–H groups in total. The number of nitrogens with zero attached hydrogens (tertiary/aromatic N) is 1. The third-order valence-electron chi connectivity index (χ3n) is 3.40. The number of fused-ring (bicyclic) bond motifs is 1. The first-order valence-corrected chi connectivity index (χ1v) is 6.56. The van der Waals surface area contributed by atoms with Gasteiger partial charge in [0.25, 0.3) is 5.56 Å². The van der Waals surface area contributed by atoms with Crippen molar-refractivity contribution in [2.75, 3.05) is 0 Å². The van der Waals surface area contributed by atoms with Gasteiger partial charge in [-0.2, -0.15) is 0 Å². The predicted octanol–water partition coefficient (Wildman–Crippen LogP) is 2.42. The summed E-state index contributed by atoms with van der Waals surface area (Å²) in [4.78, 5) is 12.3. The van der Waals surface area contributed by atoms with Crippen LogP contribution in [0.25, 0.3) is 10.9 Å². The Morgan fingerprint density at radius 2 is 2.00 bits per heavy atom. The van der Waals surface area contributed by atoms with Crippen molar-refractivity contribution in [3.8, 4) is 0 Å². The molecule has 3 aromatic rings. The van der Waals surface area contributed by atoms with Crippen LogP contribution in [0.2, 0.25) is 0 Å². The van der Waals surface area contributed by atoms with Gasteiger partial charge in [-0.05, 0) is 29.7 Å². The predicted molar refractivity (Wildman–Crippen MR) is 78.4 cm³/mol. The van der Waals surface area contributed by atoms with Gasteiger partial charge < -0.3 is 14.3 Å². The smallest absolute Gasteiger partial charge is 0.255 e. The van der Waals surface area contributed by atoms with E-state index in [9.17, 15) is 4.79 Å². The monoisotopic (exact) mass is 268 g/mol. The van der Waals surface area contributed by atoms with E-state index in [1.54, 1.807) is 17.9 Å². The lowest BCUT2D eigenvalue weighted by Gasteiger charge is -2.09. The molecule has 2 heterocycles. The third kappa shape index (κ3) is 2.38. The van der Waals surface area contributed by atoms with E-state index in [0.29, 0.717) is 13.1 Å². The summed E-state index contributed by atoms with van der Waals surface area (Å²) in [5, 5.41) is 4.30. The Morgan fingerprint density at radius 1 is 1.15 bits per heavy atom. The minimum atomic E-state index is 0.0376. The second kappa shape index (κ2) is 5.35. The van der Waals surface area contributed by atoms with Crippen LogP contribution in [0.4, 0.5) is 0 Å². The lowest BCUT2D eigenvalue weighted by atomic mass is 10.1. The fourth-order valence-electron chi connectivity index (χ4n) is 2.35. The molecule has 0 saturated carbocycles. The minimum Gasteiger partial charge on any atom is -0.468 e. The molecule has 0 radical (unpaired) electrons. The summed E-state index contributed by atoms with van der Waals surface area (Å²) < 4.78 is 6.94. The van der Waals surface area contributed by atoms with E-state index in [1.807, 2.05) is 42.5 Å². The van der Waals surface area contributed by atoms with Crippen molar-refractivity contribution in [3.05, 3.63) is 70.4 Å². The van der Waals surface area contributed by atoms with Crippen LogP contribution in [-0.2, 0) is 20.1 Å². The maximum absolute atomic E-state index is 12.3. The van der Waals surface area contributed by atoms with Gasteiger partial charge in [-0.15, -0.1) is 0 Å². The fraction of sp³-hybridized carbons (Fsp3) is 0.188. The molecule has 0 aliphatic carbocycles. The first-order chi connectivity index (χ1) is 9.75. The van der Waals surface area contributed by atoms with Crippen LogP contribution in [0.3, 0.4) is 0 Å². The molecule has 4 nitrogen and oxygen atoms in total. The molecule has 0 aliphatic rings. The molecule has 0 atom stereocenters. The molecule has 0 amide bonds. The highest BCUT2D eigenvalue weighted by atomic mass is 16.3. The molecular weight excluding hydrogens is 252 g/mol. The van der Waals surface area contributed by atoms with Gasteiger partial charge in [0.15, 0.2) is 0 Å². The van der Waals surface area contributed by atoms with Gasteiger partial charge in [-0.25, -0.2) is 0 Å². The highest BCUT2D eigenvalue weighted by Crippen LogP contribution is 2.12. The molecule has 2 aromatic heterocycles. The van der Waals surface area contributed by atoms with Crippen LogP contribution in [-0.4, -0.2) is 4.57 Å². The van der Waals surface area contributed by atoms with E-state index < -0.39 is 0 Å². The van der Waals surface area contributed by atoms with Crippen LogP contribution in [0.15, 0.2) is 57.9 Å². The molecule has 0 unspecified atom stereocenters. The molecule has 102 valence electrons. The number of furan rings is 1. The number of pyridine rings is 1. The molecule has 4 heteroatoms. The Balaban J connectivity index is 1.84. The maximum atomic E-state index is 12.3. The lowest BCUT2D eigenvalue weighted by Crippen LogP contribution is -2.25. The molecular formula is C16H16N2O2. The van der Waals surface area contributed by atoms with Gasteiger partial charge >= 0.3 is 0 Å². The highest BCUT2D eigenvalue weighted by Gasteiger charge is 2.06. The highest BCUT2D eigenvalue weighted by molar-refractivity contribution is 5.79. The lowest BCUT2D eigenvalue weighted by molar-refractivity contribution is 0.482. The summed E-state index contributed by atoms with van der Waals surface area (Å²) in [6.07, 6.45) is 1.64. The van der Waals surface area contributed by atoms with Gasteiger partial charge in [0.2, 0.25) is 0 Å². The minimum absolute atomic E-state index is 0.0376. The first kappa shape index (κ1) is 12.7. The zero-order valence-corrected chi connectivity index (χ0v) is 11.3. The molecule has 0 spiro atoms. The van der Waals surface area contributed by atoms with Crippen molar-refractivity contribution in [3.63, 3.8) is 0 Å². The summed E-state index contributed by atoms with van der Waals surface area (Å²) in [6.45, 7) is 1.14. The van der Waals surface area contributed by atoms with Crippen molar-refractivity contribution >= 4 is 10.9 Å². The van der Waals surface area contributed by atoms with E-state index in [2.05, 4.69) is 5.32 Å². The quantitative estimate of drug-likeness (QED) is 0.790. The second-order valence-corrected chi connectivity index (χ2v) is 4.78. The van der Waals surface area contributed by atoms with Crippen molar-refractivity contribution in [1.29, 1.82) is 0 Å². The third-order valence-corrected chi connectivity index (χ3v) is 3.40. The standard InChI is InChI=1S/C16H16N2O2/c1-18-15-7-3-2-5-12(15)9-13(16(18)19)10-17-11-14-6-4-8-20-14/h2-9,17H,10-11H2,1H3. The number of para-hydroxylation sites is 1. The average molecular weight is 268 g/mol. The topological polar surface area (TPSA) is 47.2 Å². The summed E-state index contributed by atoms with van der Waals surface area (Å²) in [6, 6.07) is 13.6. The van der Waals surface area contributed by atoms with Crippen LogP contribution >= 0.6 is 0 Å². The Kier molecular flexibility index (Phi) is 3.39. The number of nitrogens with one attached hydrogen (secondary N) is 1. The van der Waals surface area contributed by atoms with Crippen LogP contribution in [0, 0.1) is 0 Å². The van der Waals surface area contributed by atoms with E-state index in [1.165, 1.54) is 0 Å². The fourth-order valence-corrected chi connectivity index (χ4v) is 2.35. The summed E-state index contributed by atoms with van der Waals surface area (Å²) in [5.74, 6) is 0.864. The van der Waals surface area contributed by atoms with Crippen molar-refractivity contribution < 1.29 is 4.42 Å². The number of aryl methyl sites for hydroxylation is 1. The molecule has 0 fully saturated rings. The van der Waals surface area contributed by atoms with E-state index in [-0.39, 0.29) is 5.56 Å². The zero-order chi connectivity index (χ0) is 13.9. The van der Waals surface area contributed by atoms with Gasteiger partial charge in [0, 0.05) is 19.2 Å². The van der Waals surface area contributed by atoms with Gasteiger partial charge in [0.1, 0.15) is 5.76 Å². The summed E-state index contributed by atoms with van der Waals surface area (Å²) >= 11 is 0. The number of benzene rings is 1. The Bertz CT molecular complexity index is 773. The van der Waals surface area contributed by atoms with Crippen LogP contribution in [0.1, 0.15) is 11.3 Å². The number of hydrogen-bond acceptors (Lipinski definition) is 3. The SMILES string of the molecule is Cn1c(=O)c(CNCc2ccco2)cc2ccccc21. The van der Waals surface area contributed by atoms with Gasteiger partial charge in [-0.1, -0.05) is 18.2 Å². The normalized spacial score (nSPS) is 11.1. The zero-order valence-electron chi connectivity index (χ0n) is 11.3. The average Bonchev–Trinajstić information content (AvgIpc) is 2.97. The van der Waals surface area contributed by atoms with Crippen LogP contribution in [0.5, 0.6) is 0 Å². The summed E-state index contributed by atoms with van der Waals surface area (Å²) in [5.41, 5.74) is 1.75. The Morgan fingerprint density at radius 3 is 2.80 bits per heavy atom. The largest absolute Gasteiger partial charge is 0.468 e. The molecule has 20 heavy (non-hydrogen) atoms. The van der Waals surface area contributed by atoms with Crippen LogP contribution < -0.4 is 10.9 Å². The number of rotatable bonds is 4. The number of aromatic nitrogens is 1. The van der Waals surface area contributed by atoms with Crippen molar-refractivity contribution in [1.82, 2.24) is 9.88 Å². The van der Waals surface area contributed by atoms with E-state index >= 15 is 0 Å². The Hall–Kier alpha value is -2.33.